The van der Waals surface area contributed by atoms with Gasteiger partial charge in [-0.3, -0.25) is 4.79 Å². The maximum Gasteiger partial charge on any atom is 0.252 e. The van der Waals surface area contributed by atoms with Gasteiger partial charge in [0.15, 0.2) is 0 Å². The zero-order chi connectivity index (χ0) is 14.5. The molecule has 1 amide bonds. The van der Waals surface area contributed by atoms with Crippen LogP contribution in [-0.2, 0) is 6.54 Å². The van der Waals surface area contributed by atoms with Crippen molar-refractivity contribution in [2.45, 2.75) is 6.54 Å². The Morgan fingerprint density at radius 1 is 1.30 bits per heavy atom. The highest BCUT2D eigenvalue weighted by atomic mass is 127. The molecule has 20 heavy (non-hydrogen) atoms. The van der Waals surface area contributed by atoms with Crippen LogP contribution in [0.4, 0.5) is 0 Å². The van der Waals surface area contributed by atoms with E-state index in [-0.39, 0.29) is 5.91 Å². The molecular formula is C15H13BrINO2. The highest BCUT2D eigenvalue weighted by Crippen LogP contribution is 2.20. The fourth-order valence-electron chi connectivity index (χ4n) is 1.79. The smallest absolute Gasteiger partial charge is 0.252 e. The highest BCUT2D eigenvalue weighted by Gasteiger charge is 2.11. The van der Waals surface area contributed by atoms with Gasteiger partial charge in [-0.2, -0.15) is 0 Å². The molecule has 0 fully saturated rings. The van der Waals surface area contributed by atoms with Gasteiger partial charge in [0.25, 0.3) is 5.91 Å². The van der Waals surface area contributed by atoms with Crippen molar-refractivity contribution in [2.24, 2.45) is 0 Å². The third kappa shape index (κ3) is 3.73. The number of amides is 1. The van der Waals surface area contributed by atoms with Crippen molar-refractivity contribution in [3.05, 3.63) is 61.6 Å². The summed E-state index contributed by atoms with van der Waals surface area (Å²) in [6.07, 6.45) is 0. The fourth-order valence-corrected chi connectivity index (χ4v) is 2.73. The van der Waals surface area contributed by atoms with Crippen LogP contribution in [0.3, 0.4) is 0 Å². The third-order valence-electron chi connectivity index (χ3n) is 2.80. The maximum absolute atomic E-state index is 12.2. The molecular weight excluding hydrogens is 433 g/mol. The summed E-state index contributed by atoms with van der Waals surface area (Å²) in [5.74, 6) is 0.679. The van der Waals surface area contributed by atoms with E-state index >= 15 is 0 Å². The summed E-state index contributed by atoms with van der Waals surface area (Å²) < 4.78 is 7.07. The molecule has 0 aromatic heterocycles. The Morgan fingerprint density at radius 2 is 2.05 bits per heavy atom. The molecule has 0 atom stereocenters. The second kappa shape index (κ2) is 7.08. The molecule has 0 aliphatic rings. The molecule has 0 aliphatic heterocycles. The quantitative estimate of drug-likeness (QED) is 0.722. The van der Waals surface area contributed by atoms with Crippen molar-refractivity contribution >= 4 is 44.4 Å². The van der Waals surface area contributed by atoms with Crippen molar-refractivity contribution in [1.29, 1.82) is 0 Å². The predicted octanol–water partition coefficient (Wildman–Crippen LogP) is 3.99. The van der Waals surface area contributed by atoms with E-state index in [1.54, 1.807) is 7.11 Å². The molecule has 2 rings (SSSR count). The van der Waals surface area contributed by atoms with E-state index in [9.17, 15) is 4.79 Å². The Kier molecular flexibility index (Phi) is 5.42. The van der Waals surface area contributed by atoms with Crippen molar-refractivity contribution in [2.75, 3.05) is 7.11 Å². The average molecular weight is 446 g/mol. The first-order valence-corrected chi connectivity index (χ1v) is 7.84. The largest absolute Gasteiger partial charge is 0.496 e. The second-order valence-corrected chi connectivity index (χ2v) is 6.20. The molecule has 2 aromatic carbocycles. The number of ether oxygens (including phenoxy) is 1. The summed E-state index contributed by atoms with van der Waals surface area (Å²) in [5, 5.41) is 2.91. The van der Waals surface area contributed by atoms with E-state index < -0.39 is 0 Å². The van der Waals surface area contributed by atoms with Gasteiger partial charge >= 0.3 is 0 Å². The van der Waals surface area contributed by atoms with Gasteiger partial charge in [-0.05, 0) is 46.9 Å². The molecule has 0 unspecified atom stereocenters. The van der Waals surface area contributed by atoms with E-state index in [0.29, 0.717) is 12.1 Å². The lowest BCUT2D eigenvalue weighted by Gasteiger charge is -2.10. The van der Waals surface area contributed by atoms with Gasteiger partial charge in [-0.1, -0.05) is 34.1 Å². The summed E-state index contributed by atoms with van der Waals surface area (Å²) >= 11 is 5.53. The number of hydrogen-bond acceptors (Lipinski definition) is 2. The first-order valence-electron chi connectivity index (χ1n) is 5.97. The Labute approximate surface area is 140 Å². The molecule has 3 nitrogen and oxygen atoms in total. The SMILES string of the molecule is COc1ccccc1CNC(=O)c1cc(Br)ccc1I. The molecule has 2 aromatic rings. The van der Waals surface area contributed by atoms with Crippen LogP contribution in [-0.4, -0.2) is 13.0 Å². The maximum atomic E-state index is 12.2. The van der Waals surface area contributed by atoms with Crippen LogP contribution < -0.4 is 10.1 Å². The number of hydrogen-bond donors (Lipinski definition) is 1. The Hall–Kier alpha value is -1.08. The Morgan fingerprint density at radius 3 is 2.80 bits per heavy atom. The monoisotopic (exact) mass is 445 g/mol. The van der Waals surface area contributed by atoms with Gasteiger partial charge < -0.3 is 10.1 Å². The predicted molar refractivity (Wildman–Crippen MR) is 91.0 cm³/mol. The number of carbonyl (C=O) groups excluding carboxylic acids is 1. The number of halogens is 2. The minimum absolute atomic E-state index is 0.0957. The number of benzene rings is 2. The van der Waals surface area contributed by atoms with E-state index in [2.05, 4.69) is 43.8 Å². The zero-order valence-electron chi connectivity index (χ0n) is 10.8. The highest BCUT2D eigenvalue weighted by molar-refractivity contribution is 14.1. The summed E-state index contributed by atoms with van der Waals surface area (Å²) in [4.78, 5) is 12.2. The lowest BCUT2D eigenvalue weighted by atomic mass is 10.2. The normalized spacial score (nSPS) is 10.2. The molecule has 104 valence electrons. The van der Waals surface area contributed by atoms with Crippen LogP contribution in [0.25, 0.3) is 0 Å². The fraction of sp³-hybridized carbons (Fsp3) is 0.133. The molecule has 0 heterocycles. The molecule has 0 saturated heterocycles. The molecule has 1 N–H and O–H groups in total. The lowest BCUT2D eigenvalue weighted by Crippen LogP contribution is -2.23. The van der Waals surface area contributed by atoms with E-state index in [1.807, 2.05) is 42.5 Å². The summed E-state index contributed by atoms with van der Waals surface area (Å²) in [6, 6.07) is 13.3. The molecule has 5 heteroatoms. The molecule has 0 saturated carbocycles. The van der Waals surface area contributed by atoms with Gasteiger partial charge in [0.1, 0.15) is 5.75 Å². The third-order valence-corrected chi connectivity index (χ3v) is 4.24. The van der Waals surface area contributed by atoms with Crippen LogP contribution in [0.2, 0.25) is 0 Å². The topological polar surface area (TPSA) is 38.3 Å². The van der Waals surface area contributed by atoms with Crippen LogP contribution >= 0.6 is 38.5 Å². The number of methoxy groups -OCH3 is 1. The van der Waals surface area contributed by atoms with Gasteiger partial charge in [0.2, 0.25) is 0 Å². The number of nitrogens with one attached hydrogen (secondary N) is 1. The standard InChI is InChI=1S/C15H13BrINO2/c1-20-14-5-3-2-4-10(14)9-18-15(19)12-8-11(16)6-7-13(12)17/h2-8H,9H2,1H3,(H,18,19). The van der Waals surface area contributed by atoms with Crippen LogP contribution in [0.15, 0.2) is 46.9 Å². The Balaban J connectivity index is 2.11. The number of carbonyl (C=O) groups is 1. The van der Waals surface area contributed by atoms with Gasteiger partial charge in [0.05, 0.1) is 12.7 Å². The van der Waals surface area contributed by atoms with Crippen molar-refractivity contribution in [3.63, 3.8) is 0 Å². The van der Waals surface area contributed by atoms with E-state index in [4.69, 9.17) is 4.74 Å². The number of para-hydroxylation sites is 1. The summed E-state index contributed by atoms with van der Waals surface area (Å²) in [6.45, 7) is 0.436. The zero-order valence-corrected chi connectivity index (χ0v) is 14.6. The first kappa shape index (κ1) is 15.3. The van der Waals surface area contributed by atoms with Crippen LogP contribution in [0.1, 0.15) is 15.9 Å². The summed E-state index contributed by atoms with van der Waals surface area (Å²) in [7, 11) is 1.62. The van der Waals surface area contributed by atoms with Gasteiger partial charge in [0, 0.05) is 20.2 Å². The Bertz CT molecular complexity index is 631. The van der Waals surface area contributed by atoms with E-state index in [0.717, 1.165) is 19.4 Å². The average Bonchev–Trinajstić information content (AvgIpc) is 2.47. The van der Waals surface area contributed by atoms with E-state index in [1.165, 1.54) is 0 Å². The van der Waals surface area contributed by atoms with Crippen LogP contribution in [0.5, 0.6) is 5.75 Å². The lowest BCUT2D eigenvalue weighted by molar-refractivity contribution is 0.0949. The minimum atomic E-state index is -0.0957. The van der Waals surface area contributed by atoms with Gasteiger partial charge in [-0.25, -0.2) is 0 Å². The number of rotatable bonds is 4. The van der Waals surface area contributed by atoms with Crippen molar-refractivity contribution < 1.29 is 9.53 Å². The molecule has 0 radical (unpaired) electrons. The first-order chi connectivity index (χ1) is 9.61. The van der Waals surface area contributed by atoms with Crippen molar-refractivity contribution in [1.82, 2.24) is 5.32 Å². The molecule has 0 aliphatic carbocycles. The van der Waals surface area contributed by atoms with Crippen molar-refractivity contribution in [3.8, 4) is 5.75 Å². The summed E-state index contributed by atoms with van der Waals surface area (Å²) in [5.41, 5.74) is 1.61. The van der Waals surface area contributed by atoms with Crippen LogP contribution in [0, 0.1) is 3.57 Å². The molecule has 0 spiro atoms. The second-order valence-electron chi connectivity index (χ2n) is 4.12. The molecule has 0 bridgehead atoms. The minimum Gasteiger partial charge on any atom is -0.496 e. The van der Waals surface area contributed by atoms with Gasteiger partial charge in [-0.15, -0.1) is 0 Å².